The normalized spacial score (nSPS) is 11.9. The molecule has 0 amide bonds. The zero-order valence-electron chi connectivity index (χ0n) is 15.3. The minimum absolute atomic E-state index is 0.192. The van der Waals surface area contributed by atoms with Gasteiger partial charge >= 0.3 is 0 Å². The largest absolute Gasteiger partial charge is 0.497 e. The van der Waals surface area contributed by atoms with Crippen LogP contribution in [0.1, 0.15) is 0 Å². The average Bonchev–Trinajstić information content (AvgIpc) is 3.00. The molecule has 0 bridgehead atoms. The van der Waals surface area contributed by atoms with Gasteiger partial charge in [0.15, 0.2) is 0 Å². The molecule has 0 unspecified atom stereocenters. The van der Waals surface area contributed by atoms with Crippen LogP contribution in [0.25, 0.3) is 10.9 Å². The number of nitrogens with zero attached hydrogens (tertiary/aromatic N) is 2. The molecular weight excluding hydrogens is 432 g/mol. The number of methoxy groups -OCH3 is 1. The summed E-state index contributed by atoms with van der Waals surface area (Å²) in [4.78, 5) is 2.19. The minimum Gasteiger partial charge on any atom is -0.497 e. The van der Waals surface area contributed by atoms with Crippen LogP contribution in [0.5, 0.6) is 11.5 Å². The van der Waals surface area contributed by atoms with Crippen LogP contribution in [-0.2, 0) is 10.0 Å². The molecule has 0 saturated heterocycles. The summed E-state index contributed by atoms with van der Waals surface area (Å²) in [5.41, 5.74) is 0.534. The van der Waals surface area contributed by atoms with Gasteiger partial charge in [0.25, 0.3) is 10.0 Å². The van der Waals surface area contributed by atoms with Crippen LogP contribution < -0.4 is 9.47 Å². The van der Waals surface area contributed by atoms with E-state index < -0.39 is 10.0 Å². The van der Waals surface area contributed by atoms with E-state index in [1.165, 1.54) is 10.2 Å². The van der Waals surface area contributed by atoms with Crippen molar-refractivity contribution in [3.63, 3.8) is 0 Å². The van der Waals surface area contributed by atoms with Gasteiger partial charge in [-0.2, -0.15) is 0 Å². The van der Waals surface area contributed by atoms with Crippen molar-refractivity contribution in [2.75, 3.05) is 34.4 Å². The summed E-state index contributed by atoms with van der Waals surface area (Å²) in [5, 5.41) is 0.684. The standard InChI is InChI=1S/C19H21BrN2O4S/c1-21(2)10-11-26-18-13-22(17-9-8-14(25-3)12-15(17)18)27(23,24)19-7-5-4-6-16(19)20/h4-9,12-13H,10-11H2,1-3H3. The number of ether oxygens (including phenoxy) is 2. The summed E-state index contributed by atoms with van der Waals surface area (Å²) < 4.78 is 39.4. The number of halogens is 1. The van der Waals surface area contributed by atoms with Crippen LogP contribution in [0.3, 0.4) is 0 Å². The van der Waals surface area contributed by atoms with E-state index in [2.05, 4.69) is 15.9 Å². The van der Waals surface area contributed by atoms with Crippen LogP contribution >= 0.6 is 15.9 Å². The number of hydrogen-bond acceptors (Lipinski definition) is 5. The van der Waals surface area contributed by atoms with E-state index in [9.17, 15) is 8.42 Å². The third-order valence-corrected chi connectivity index (χ3v) is 6.80. The number of likely N-dealkylation sites (N-methyl/N-ethyl adjacent to an activating group) is 1. The van der Waals surface area contributed by atoms with E-state index in [-0.39, 0.29) is 4.90 Å². The van der Waals surface area contributed by atoms with Crippen molar-refractivity contribution in [1.82, 2.24) is 8.87 Å². The van der Waals surface area contributed by atoms with Crippen molar-refractivity contribution in [3.8, 4) is 11.5 Å². The Morgan fingerprint density at radius 3 is 2.56 bits per heavy atom. The van der Waals surface area contributed by atoms with Crippen molar-refractivity contribution in [1.29, 1.82) is 0 Å². The fourth-order valence-corrected chi connectivity index (χ4v) is 5.02. The van der Waals surface area contributed by atoms with Crippen molar-refractivity contribution < 1.29 is 17.9 Å². The Labute approximate surface area is 167 Å². The van der Waals surface area contributed by atoms with E-state index in [0.29, 0.717) is 40.0 Å². The Bertz CT molecular complexity index is 1060. The summed E-state index contributed by atoms with van der Waals surface area (Å²) in [7, 11) is 1.68. The second kappa shape index (κ2) is 7.92. The number of aromatic nitrogens is 1. The maximum Gasteiger partial charge on any atom is 0.269 e. The number of fused-ring (bicyclic) bond motifs is 1. The maximum absolute atomic E-state index is 13.3. The smallest absolute Gasteiger partial charge is 0.269 e. The topological polar surface area (TPSA) is 60.8 Å². The van der Waals surface area contributed by atoms with Crippen LogP contribution in [0.4, 0.5) is 0 Å². The minimum atomic E-state index is -3.80. The Morgan fingerprint density at radius 2 is 1.89 bits per heavy atom. The van der Waals surface area contributed by atoms with E-state index in [0.717, 1.165) is 0 Å². The highest BCUT2D eigenvalue weighted by molar-refractivity contribution is 9.10. The Hall–Kier alpha value is -2.03. The molecule has 0 aliphatic carbocycles. The first-order valence-corrected chi connectivity index (χ1v) is 10.5. The zero-order valence-corrected chi connectivity index (χ0v) is 17.7. The second-order valence-electron chi connectivity index (χ2n) is 6.26. The number of rotatable bonds is 7. The van der Waals surface area contributed by atoms with Crippen molar-refractivity contribution >= 4 is 36.9 Å². The van der Waals surface area contributed by atoms with Gasteiger partial charge < -0.3 is 14.4 Å². The lowest BCUT2D eigenvalue weighted by Crippen LogP contribution is -2.19. The predicted octanol–water partition coefficient (Wildman–Crippen LogP) is 3.59. The molecule has 2 aromatic carbocycles. The Balaban J connectivity index is 2.14. The molecule has 0 saturated carbocycles. The predicted molar refractivity (Wildman–Crippen MR) is 109 cm³/mol. The molecule has 3 rings (SSSR count). The zero-order chi connectivity index (χ0) is 19.6. The van der Waals surface area contributed by atoms with Gasteiger partial charge in [0, 0.05) is 16.4 Å². The number of hydrogen-bond donors (Lipinski definition) is 0. The maximum atomic E-state index is 13.3. The lowest BCUT2D eigenvalue weighted by molar-refractivity contribution is 0.263. The molecule has 27 heavy (non-hydrogen) atoms. The monoisotopic (exact) mass is 452 g/mol. The van der Waals surface area contributed by atoms with Crippen LogP contribution in [0.15, 0.2) is 58.0 Å². The van der Waals surface area contributed by atoms with E-state index in [4.69, 9.17) is 9.47 Å². The van der Waals surface area contributed by atoms with Crippen LogP contribution in [0.2, 0.25) is 0 Å². The molecule has 144 valence electrons. The highest BCUT2D eigenvalue weighted by Crippen LogP contribution is 2.35. The van der Waals surface area contributed by atoms with Gasteiger partial charge in [-0.05, 0) is 60.4 Å². The highest BCUT2D eigenvalue weighted by atomic mass is 79.9. The quantitative estimate of drug-likeness (QED) is 0.547. The van der Waals surface area contributed by atoms with Gasteiger partial charge in [-0.25, -0.2) is 12.4 Å². The average molecular weight is 453 g/mol. The van der Waals surface area contributed by atoms with Gasteiger partial charge in [-0.15, -0.1) is 0 Å². The summed E-state index contributed by atoms with van der Waals surface area (Å²) in [5.74, 6) is 1.14. The lowest BCUT2D eigenvalue weighted by atomic mass is 10.2. The van der Waals surface area contributed by atoms with E-state index in [1.807, 2.05) is 19.0 Å². The SMILES string of the molecule is COc1ccc2c(c1)c(OCCN(C)C)cn2S(=O)(=O)c1ccccc1Br. The van der Waals surface area contributed by atoms with Crippen LogP contribution in [-0.4, -0.2) is 51.6 Å². The van der Waals surface area contributed by atoms with Gasteiger partial charge in [-0.1, -0.05) is 12.1 Å². The van der Waals surface area contributed by atoms with Gasteiger partial charge in [0.2, 0.25) is 0 Å². The van der Waals surface area contributed by atoms with Gasteiger partial charge in [0.1, 0.15) is 23.0 Å². The first-order valence-electron chi connectivity index (χ1n) is 8.31. The molecule has 0 radical (unpaired) electrons. The molecule has 0 aliphatic heterocycles. The van der Waals surface area contributed by atoms with E-state index >= 15 is 0 Å². The molecule has 8 heteroatoms. The molecule has 3 aromatic rings. The molecule has 0 atom stereocenters. The van der Waals surface area contributed by atoms with Gasteiger partial charge in [-0.3, -0.25) is 0 Å². The summed E-state index contributed by atoms with van der Waals surface area (Å²) >= 11 is 3.33. The van der Waals surface area contributed by atoms with Crippen molar-refractivity contribution in [2.45, 2.75) is 4.90 Å². The number of benzene rings is 2. The molecule has 1 heterocycles. The molecule has 0 N–H and O–H groups in total. The third kappa shape index (κ3) is 3.97. The second-order valence-corrected chi connectivity index (χ2v) is 8.90. The Kier molecular flexibility index (Phi) is 5.78. The molecule has 6 nitrogen and oxygen atoms in total. The summed E-state index contributed by atoms with van der Waals surface area (Å²) in [6.07, 6.45) is 1.52. The summed E-state index contributed by atoms with van der Waals surface area (Å²) in [6.45, 7) is 1.16. The fraction of sp³-hybridized carbons (Fsp3) is 0.263. The summed E-state index contributed by atoms with van der Waals surface area (Å²) in [6, 6.07) is 12.0. The molecule has 0 fully saturated rings. The van der Waals surface area contributed by atoms with Crippen molar-refractivity contribution in [3.05, 3.63) is 53.1 Å². The lowest BCUT2D eigenvalue weighted by Gasteiger charge is -2.10. The molecule has 0 spiro atoms. The Morgan fingerprint density at radius 1 is 1.15 bits per heavy atom. The molecular formula is C19H21BrN2O4S. The van der Waals surface area contributed by atoms with Gasteiger partial charge in [0.05, 0.1) is 18.8 Å². The highest BCUT2D eigenvalue weighted by Gasteiger charge is 2.24. The molecule has 1 aromatic heterocycles. The fourth-order valence-electron chi connectivity index (χ4n) is 2.69. The first-order chi connectivity index (χ1) is 12.8. The molecule has 0 aliphatic rings. The first kappa shape index (κ1) is 19.7. The third-order valence-electron chi connectivity index (χ3n) is 4.11. The van der Waals surface area contributed by atoms with Crippen molar-refractivity contribution in [2.24, 2.45) is 0 Å². The van der Waals surface area contributed by atoms with E-state index in [1.54, 1.807) is 49.6 Å². The van der Waals surface area contributed by atoms with Crippen LogP contribution in [0, 0.1) is 0 Å².